The Labute approximate surface area is 153 Å². The summed E-state index contributed by atoms with van der Waals surface area (Å²) >= 11 is 1.50. The summed E-state index contributed by atoms with van der Waals surface area (Å²) in [6.07, 6.45) is 15.3. The zero-order valence-electron chi connectivity index (χ0n) is 14.8. The fraction of sp³-hybridized carbons (Fsp3) is 0.778. The van der Waals surface area contributed by atoms with Crippen molar-refractivity contribution in [1.82, 2.24) is 25.1 Å². The van der Waals surface area contributed by atoms with Gasteiger partial charge >= 0.3 is 0 Å². The maximum absolute atomic E-state index is 12.9. The predicted molar refractivity (Wildman–Crippen MR) is 97.1 cm³/mol. The number of carbonyl (C=O) groups excluding carboxylic acids is 1. The van der Waals surface area contributed by atoms with Crippen LogP contribution in [0.4, 0.5) is 0 Å². The van der Waals surface area contributed by atoms with Gasteiger partial charge in [-0.2, -0.15) is 0 Å². The third kappa shape index (κ3) is 4.07. The van der Waals surface area contributed by atoms with Gasteiger partial charge in [-0.1, -0.05) is 37.1 Å². The number of hydrogen-bond acceptors (Lipinski definition) is 5. The first-order valence-corrected chi connectivity index (χ1v) is 10.7. The molecule has 1 aromatic rings. The number of tetrazole rings is 1. The lowest BCUT2D eigenvalue weighted by Gasteiger charge is -2.27. The van der Waals surface area contributed by atoms with Gasteiger partial charge < -0.3 is 4.90 Å². The minimum Gasteiger partial charge on any atom is -0.313 e. The second kappa shape index (κ2) is 7.89. The third-order valence-corrected chi connectivity index (χ3v) is 6.38. The largest absolute Gasteiger partial charge is 0.313 e. The molecule has 0 radical (unpaired) electrons. The van der Waals surface area contributed by atoms with E-state index in [1.54, 1.807) is 0 Å². The molecule has 1 amide bonds. The molecular formula is C18H27N5OS. The van der Waals surface area contributed by atoms with E-state index in [1.165, 1.54) is 49.6 Å². The molecule has 0 bridgehead atoms. The molecule has 1 aromatic heterocycles. The first-order chi connectivity index (χ1) is 12.3. The fourth-order valence-corrected chi connectivity index (χ4v) is 4.81. The number of thioether (sulfide) groups is 1. The van der Waals surface area contributed by atoms with E-state index < -0.39 is 0 Å². The molecular weight excluding hydrogens is 334 g/mol. The molecule has 0 N–H and O–H groups in total. The van der Waals surface area contributed by atoms with Crippen LogP contribution in [0.3, 0.4) is 0 Å². The van der Waals surface area contributed by atoms with Gasteiger partial charge in [-0.05, 0) is 61.8 Å². The lowest BCUT2D eigenvalue weighted by atomic mass is 9.96. The molecule has 0 saturated heterocycles. The Hall–Kier alpha value is -1.37. The third-order valence-electron chi connectivity index (χ3n) is 5.47. The first-order valence-electron chi connectivity index (χ1n) is 9.74. The Kier molecular flexibility index (Phi) is 5.39. The Morgan fingerprint density at radius 3 is 2.72 bits per heavy atom. The van der Waals surface area contributed by atoms with E-state index in [4.69, 9.17) is 0 Å². The molecule has 1 heterocycles. The maximum atomic E-state index is 12.9. The Morgan fingerprint density at radius 2 is 2.00 bits per heavy atom. The molecule has 0 unspecified atom stereocenters. The molecule has 3 aliphatic carbocycles. The average Bonchev–Trinajstić information content (AvgIpc) is 3.37. The number of amides is 1. The van der Waals surface area contributed by atoms with Gasteiger partial charge in [0.1, 0.15) is 0 Å². The lowest BCUT2D eigenvalue weighted by Crippen LogP contribution is -2.34. The highest BCUT2D eigenvalue weighted by Gasteiger charge is 2.35. The minimum atomic E-state index is 0.221. The van der Waals surface area contributed by atoms with Gasteiger partial charge in [0.2, 0.25) is 11.1 Å². The number of hydrogen-bond donors (Lipinski definition) is 0. The van der Waals surface area contributed by atoms with Crippen LogP contribution in [0.5, 0.6) is 0 Å². The Morgan fingerprint density at radius 1 is 1.16 bits per heavy atom. The fourth-order valence-electron chi connectivity index (χ4n) is 4.00. The monoisotopic (exact) mass is 361 g/mol. The van der Waals surface area contributed by atoms with Gasteiger partial charge in [-0.15, -0.1) is 5.10 Å². The van der Waals surface area contributed by atoms with Crippen molar-refractivity contribution in [2.24, 2.45) is 0 Å². The number of allylic oxidation sites excluding steroid dienone is 2. The summed E-state index contributed by atoms with van der Waals surface area (Å²) in [4.78, 5) is 15.0. The smallest absolute Gasteiger partial charge is 0.237 e. The summed E-state index contributed by atoms with van der Waals surface area (Å²) in [5, 5.41) is 13.0. The Balaban J connectivity index is 1.39. The molecule has 136 valence electrons. The van der Waals surface area contributed by atoms with Crippen LogP contribution in [0.1, 0.15) is 76.7 Å². The molecule has 0 aliphatic heterocycles. The Bertz CT molecular complexity index is 633. The van der Waals surface area contributed by atoms with Gasteiger partial charge in [-0.25, -0.2) is 4.68 Å². The maximum Gasteiger partial charge on any atom is 0.237 e. The number of carbonyl (C=O) groups is 1. The van der Waals surface area contributed by atoms with Gasteiger partial charge in [0.25, 0.3) is 0 Å². The number of nitrogens with zero attached hydrogens (tertiary/aromatic N) is 5. The van der Waals surface area contributed by atoms with Crippen LogP contribution in [-0.4, -0.2) is 42.8 Å². The molecule has 2 saturated carbocycles. The molecule has 6 nitrogen and oxygen atoms in total. The van der Waals surface area contributed by atoms with E-state index in [1.807, 2.05) is 4.68 Å². The molecule has 3 aliphatic rings. The van der Waals surface area contributed by atoms with Crippen LogP contribution in [0.25, 0.3) is 0 Å². The summed E-state index contributed by atoms with van der Waals surface area (Å²) in [7, 11) is 0. The minimum absolute atomic E-state index is 0.221. The van der Waals surface area contributed by atoms with Crippen molar-refractivity contribution in [3.63, 3.8) is 0 Å². The normalized spacial score (nSPS) is 21.8. The molecule has 4 rings (SSSR count). The van der Waals surface area contributed by atoms with Gasteiger partial charge in [0.15, 0.2) is 0 Å². The summed E-state index contributed by atoms with van der Waals surface area (Å²) in [6, 6.07) is 0.841. The predicted octanol–water partition coefficient (Wildman–Crippen LogP) is 3.72. The van der Waals surface area contributed by atoms with Crippen molar-refractivity contribution >= 4 is 17.7 Å². The van der Waals surface area contributed by atoms with Crippen molar-refractivity contribution in [2.75, 3.05) is 5.75 Å². The second-order valence-electron chi connectivity index (χ2n) is 7.42. The standard InChI is InChI=1S/C18H27N5OS/c24-17(22(15-11-12-15)14-7-3-1-4-8-14)13-25-18-19-20-21-23(18)16-9-5-2-6-10-16/h7,15-16H,1-6,8-13H2. The van der Waals surface area contributed by atoms with Crippen LogP contribution in [0.15, 0.2) is 16.9 Å². The van der Waals surface area contributed by atoms with Crippen LogP contribution in [0.2, 0.25) is 0 Å². The topological polar surface area (TPSA) is 63.9 Å². The average molecular weight is 362 g/mol. The zero-order chi connectivity index (χ0) is 17.1. The van der Waals surface area contributed by atoms with Crippen LogP contribution in [-0.2, 0) is 4.79 Å². The van der Waals surface area contributed by atoms with Crippen molar-refractivity contribution in [2.45, 2.75) is 87.9 Å². The second-order valence-corrected chi connectivity index (χ2v) is 8.37. The van der Waals surface area contributed by atoms with E-state index in [-0.39, 0.29) is 5.91 Å². The van der Waals surface area contributed by atoms with E-state index in [0.29, 0.717) is 17.8 Å². The molecule has 2 fully saturated rings. The van der Waals surface area contributed by atoms with Gasteiger partial charge in [0, 0.05) is 11.7 Å². The van der Waals surface area contributed by atoms with Crippen LogP contribution >= 0.6 is 11.8 Å². The van der Waals surface area contributed by atoms with E-state index in [9.17, 15) is 4.79 Å². The molecule has 25 heavy (non-hydrogen) atoms. The van der Waals surface area contributed by atoms with E-state index in [2.05, 4.69) is 26.5 Å². The zero-order valence-corrected chi connectivity index (χ0v) is 15.6. The van der Waals surface area contributed by atoms with E-state index >= 15 is 0 Å². The highest BCUT2D eigenvalue weighted by Crippen LogP contribution is 2.35. The summed E-state index contributed by atoms with van der Waals surface area (Å²) in [6.45, 7) is 0. The van der Waals surface area contributed by atoms with E-state index in [0.717, 1.165) is 43.7 Å². The van der Waals surface area contributed by atoms with Crippen molar-refractivity contribution < 1.29 is 4.79 Å². The summed E-state index contributed by atoms with van der Waals surface area (Å²) < 4.78 is 1.96. The number of aromatic nitrogens is 4. The lowest BCUT2D eigenvalue weighted by molar-refractivity contribution is -0.127. The van der Waals surface area contributed by atoms with Gasteiger partial charge in [0.05, 0.1) is 11.8 Å². The molecule has 0 aromatic carbocycles. The van der Waals surface area contributed by atoms with Crippen LogP contribution in [0, 0.1) is 0 Å². The molecule has 0 spiro atoms. The summed E-state index contributed by atoms with van der Waals surface area (Å²) in [5.41, 5.74) is 1.26. The SMILES string of the molecule is O=C(CSc1nnnn1C1CCCCC1)N(C1=CCCCC1)C1CC1. The highest BCUT2D eigenvalue weighted by atomic mass is 32.2. The summed E-state index contributed by atoms with van der Waals surface area (Å²) in [5.74, 6) is 0.653. The van der Waals surface area contributed by atoms with Crippen molar-refractivity contribution in [3.05, 3.63) is 11.8 Å². The quantitative estimate of drug-likeness (QED) is 0.723. The highest BCUT2D eigenvalue weighted by molar-refractivity contribution is 7.99. The van der Waals surface area contributed by atoms with Gasteiger partial charge in [-0.3, -0.25) is 4.79 Å². The van der Waals surface area contributed by atoms with Crippen molar-refractivity contribution in [1.29, 1.82) is 0 Å². The molecule has 7 heteroatoms. The van der Waals surface area contributed by atoms with Crippen molar-refractivity contribution in [3.8, 4) is 0 Å². The first kappa shape index (κ1) is 17.1. The number of rotatable bonds is 6. The molecule has 0 atom stereocenters. The van der Waals surface area contributed by atoms with Crippen LogP contribution < -0.4 is 0 Å².